The van der Waals surface area contributed by atoms with Gasteiger partial charge in [-0.25, -0.2) is 0 Å². The van der Waals surface area contributed by atoms with Gasteiger partial charge in [-0.05, 0) is 31.2 Å². The summed E-state index contributed by atoms with van der Waals surface area (Å²) < 4.78 is 34.7. The van der Waals surface area contributed by atoms with E-state index in [9.17, 15) is 13.9 Å². The minimum atomic E-state index is -2.86. The van der Waals surface area contributed by atoms with Crippen LogP contribution in [0.25, 0.3) is 0 Å². The summed E-state index contributed by atoms with van der Waals surface area (Å²) in [5.74, 6) is 0.769. The molecule has 0 aliphatic carbocycles. The third-order valence-electron chi connectivity index (χ3n) is 3.20. The summed E-state index contributed by atoms with van der Waals surface area (Å²) >= 11 is 0. The Hall–Kier alpha value is -2.34. The minimum absolute atomic E-state index is 0.142. The maximum Gasteiger partial charge on any atom is 0.387 e. The molecule has 124 valence electrons. The molecule has 2 aromatic carbocycles. The molecule has 0 atom stereocenters. The molecule has 0 amide bonds. The van der Waals surface area contributed by atoms with Crippen LogP contribution in [0.2, 0.25) is 0 Å². The largest absolute Gasteiger partial charge is 0.494 e. The number of anilines is 1. The Kier molecular flexibility index (Phi) is 6.17. The van der Waals surface area contributed by atoms with Crippen molar-refractivity contribution in [3.63, 3.8) is 0 Å². The zero-order chi connectivity index (χ0) is 16.7. The highest BCUT2D eigenvalue weighted by Gasteiger charge is 2.09. The smallest absolute Gasteiger partial charge is 0.387 e. The van der Waals surface area contributed by atoms with Crippen LogP contribution in [0.5, 0.6) is 11.5 Å². The number of rotatable bonds is 8. The Morgan fingerprint density at radius 2 is 1.87 bits per heavy atom. The number of alkyl halides is 2. The standard InChI is InChI=1S/C17H19F2NO3/c1-2-22-15-8-7-14(9-13(15)11-21)20-10-12-5-3-4-6-16(12)23-17(18)19/h3-9,17,20-21H,2,10-11H2,1H3. The zero-order valence-corrected chi connectivity index (χ0v) is 12.8. The molecule has 0 spiro atoms. The number of halogens is 2. The fraction of sp³-hybridized carbons (Fsp3) is 0.294. The summed E-state index contributed by atoms with van der Waals surface area (Å²) in [6.07, 6.45) is 0. The highest BCUT2D eigenvalue weighted by Crippen LogP contribution is 2.25. The van der Waals surface area contributed by atoms with Crippen molar-refractivity contribution >= 4 is 5.69 Å². The van der Waals surface area contributed by atoms with Gasteiger partial charge in [-0.1, -0.05) is 18.2 Å². The number of para-hydroxylation sites is 1. The molecule has 0 aromatic heterocycles. The molecule has 2 rings (SSSR count). The average molecular weight is 323 g/mol. The van der Waals surface area contributed by atoms with Crippen LogP contribution in [-0.4, -0.2) is 18.3 Å². The quantitative estimate of drug-likeness (QED) is 0.776. The summed E-state index contributed by atoms with van der Waals surface area (Å²) in [5, 5.41) is 12.5. The molecule has 2 N–H and O–H groups in total. The van der Waals surface area contributed by atoms with Crippen LogP contribution < -0.4 is 14.8 Å². The number of ether oxygens (including phenoxy) is 2. The van der Waals surface area contributed by atoms with Gasteiger partial charge in [0.25, 0.3) is 0 Å². The maximum absolute atomic E-state index is 12.4. The van der Waals surface area contributed by atoms with E-state index >= 15 is 0 Å². The van der Waals surface area contributed by atoms with Crippen LogP contribution >= 0.6 is 0 Å². The van der Waals surface area contributed by atoms with E-state index < -0.39 is 6.61 Å². The van der Waals surface area contributed by atoms with Gasteiger partial charge in [0, 0.05) is 23.4 Å². The molecular formula is C17H19F2NO3. The van der Waals surface area contributed by atoms with Crippen molar-refractivity contribution in [2.75, 3.05) is 11.9 Å². The lowest BCUT2D eigenvalue weighted by Gasteiger charge is -2.14. The molecule has 2 aromatic rings. The van der Waals surface area contributed by atoms with E-state index in [1.807, 2.05) is 6.92 Å². The molecule has 0 bridgehead atoms. The van der Waals surface area contributed by atoms with Gasteiger partial charge in [-0.3, -0.25) is 0 Å². The van der Waals surface area contributed by atoms with Crippen LogP contribution in [0.4, 0.5) is 14.5 Å². The monoisotopic (exact) mass is 323 g/mol. The second-order valence-corrected chi connectivity index (χ2v) is 4.75. The van der Waals surface area contributed by atoms with E-state index in [0.717, 1.165) is 5.69 Å². The van der Waals surface area contributed by atoms with Crippen molar-refractivity contribution in [3.05, 3.63) is 53.6 Å². The summed E-state index contributed by atoms with van der Waals surface area (Å²) in [6, 6.07) is 11.9. The third kappa shape index (κ3) is 4.82. The van der Waals surface area contributed by atoms with Crippen molar-refractivity contribution in [2.24, 2.45) is 0 Å². The Labute approximate surface area is 133 Å². The molecule has 0 aliphatic rings. The highest BCUT2D eigenvalue weighted by atomic mass is 19.3. The Morgan fingerprint density at radius 1 is 1.09 bits per heavy atom. The first-order valence-corrected chi connectivity index (χ1v) is 7.27. The van der Waals surface area contributed by atoms with E-state index in [1.165, 1.54) is 6.07 Å². The fourth-order valence-corrected chi connectivity index (χ4v) is 2.17. The zero-order valence-electron chi connectivity index (χ0n) is 12.8. The molecule has 0 unspecified atom stereocenters. The summed E-state index contributed by atoms with van der Waals surface area (Å²) in [7, 11) is 0. The van der Waals surface area contributed by atoms with Crippen molar-refractivity contribution in [3.8, 4) is 11.5 Å². The molecule has 0 heterocycles. The first kappa shape index (κ1) is 17.0. The van der Waals surface area contributed by atoms with Crippen LogP contribution in [0.15, 0.2) is 42.5 Å². The number of nitrogens with one attached hydrogen (secondary N) is 1. The number of aliphatic hydroxyl groups excluding tert-OH is 1. The van der Waals surface area contributed by atoms with Gasteiger partial charge < -0.3 is 19.9 Å². The first-order valence-electron chi connectivity index (χ1n) is 7.27. The normalized spacial score (nSPS) is 10.7. The Balaban J connectivity index is 2.09. The molecule has 0 aliphatic heterocycles. The van der Waals surface area contributed by atoms with Gasteiger partial charge >= 0.3 is 6.61 Å². The molecule has 23 heavy (non-hydrogen) atoms. The SMILES string of the molecule is CCOc1ccc(NCc2ccccc2OC(F)F)cc1CO. The van der Waals surface area contributed by atoms with Crippen LogP contribution in [0.3, 0.4) is 0 Å². The van der Waals surface area contributed by atoms with Gasteiger partial charge in [-0.15, -0.1) is 0 Å². The van der Waals surface area contributed by atoms with Gasteiger partial charge in [0.05, 0.1) is 13.2 Å². The van der Waals surface area contributed by atoms with E-state index in [4.69, 9.17) is 4.74 Å². The van der Waals surface area contributed by atoms with E-state index in [-0.39, 0.29) is 12.4 Å². The lowest BCUT2D eigenvalue weighted by Crippen LogP contribution is -2.07. The molecule has 0 fully saturated rings. The molecule has 4 nitrogen and oxygen atoms in total. The lowest BCUT2D eigenvalue weighted by atomic mass is 10.1. The highest BCUT2D eigenvalue weighted by molar-refractivity contribution is 5.52. The van der Waals surface area contributed by atoms with E-state index in [2.05, 4.69) is 10.1 Å². The molecule has 0 saturated heterocycles. The van der Waals surface area contributed by atoms with Gasteiger partial charge in [0.2, 0.25) is 0 Å². The summed E-state index contributed by atoms with van der Waals surface area (Å²) in [6.45, 7) is -0.300. The maximum atomic E-state index is 12.4. The van der Waals surface area contributed by atoms with Crippen molar-refractivity contribution < 1.29 is 23.4 Å². The fourth-order valence-electron chi connectivity index (χ4n) is 2.17. The molecular weight excluding hydrogens is 304 g/mol. The molecule has 0 radical (unpaired) electrons. The third-order valence-corrected chi connectivity index (χ3v) is 3.20. The number of hydrogen-bond acceptors (Lipinski definition) is 4. The van der Waals surface area contributed by atoms with Crippen LogP contribution in [-0.2, 0) is 13.2 Å². The minimum Gasteiger partial charge on any atom is -0.494 e. The molecule has 0 saturated carbocycles. The van der Waals surface area contributed by atoms with E-state index in [0.29, 0.717) is 30.0 Å². The molecule has 6 heteroatoms. The lowest BCUT2D eigenvalue weighted by molar-refractivity contribution is -0.0504. The second kappa shape index (κ2) is 8.33. The topological polar surface area (TPSA) is 50.7 Å². The average Bonchev–Trinajstić information content (AvgIpc) is 2.54. The number of aliphatic hydroxyl groups is 1. The van der Waals surface area contributed by atoms with Crippen molar-refractivity contribution in [2.45, 2.75) is 26.7 Å². The van der Waals surface area contributed by atoms with Gasteiger partial charge in [-0.2, -0.15) is 8.78 Å². The summed E-state index contributed by atoms with van der Waals surface area (Å²) in [5.41, 5.74) is 2.03. The van der Waals surface area contributed by atoms with Gasteiger partial charge in [0.1, 0.15) is 11.5 Å². The Bertz CT molecular complexity index is 635. The summed E-state index contributed by atoms with van der Waals surface area (Å²) in [4.78, 5) is 0. The predicted molar refractivity (Wildman–Crippen MR) is 83.9 cm³/mol. The second-order valence-electron chi connectivity index (χ2n) is 4.75. The van der Waals surface area contributed by atoms with Crippen LogP contribution in [0, 0.1) is 0 Å². The first-order chi connectivity index (χ1) is 11.1. The number of benzene rings is 2. The number of hydrogen-bond donors (Lipinski definition) is 2. The van der Waals surface area contributed by atoms with E-state index in [1.54, 1.807) is 36.4 Å². The van der Waals surface area contributed by atoms with Gasteiger partial charge in [0.15, 0.2) is 0 Å². The van der Waals surface area contributed by atoms with Crippen LogP contribution in [0.1, 0.15) is 18.1 Å². The Morgan fingerprint density at radius 3 is 2.57 bits per heavy atom. The van der Waals surface area contributed by atoms with Crippen molar-refractivity contribution in [1.29, 1.82) is 0 Å². The predicted octanol–water partition coefficient (Wildman–Crippen LogP) is 3.79. The van der Waals surface area contributed by atoms with Crippen molar-refractivity contribution in [1.82, 2.24) is 0 Å².